The van der Waals surface area contributed by atoms with Crippen molar-refractivity contribution in [2.45, 2.75) is 0 Å². The number of nitriles is 1. The minimum atomic E-state index is -1.17. The number of hydrogen-bond acceptors (Lipinski definition) is 2. The monoisotopic (exact) mass is 87.0 g/mol. The maximum Gasteiger partial charge on any atom is 0.233 e. The van der Waals surface area contributed by atoms with Crippen LogP contribution in [0.1, 0.15) is 0 Å². The van der Waals surface area contributed by atoms with Gasteiger partial charge in [0.05, 0.1) is 0 Å². The fourth-order valence-corrected chi connectivity index (χ4v) is 0.0289. The molecule has 0 bridgehead atoms. The molecule has 0 aliphatic rings. The fraction of sp³-hybridized carbons (Fsp3) is 0. The third-order valence-corrected chi connectivity index (χ3v) is 0.220. The van der Waals surface area contributed by atoms with Gasteiger partial charge in [0.2, 0.25) is 5.83 Å². The number of rotatable bonds is 0. The third-order valence-electron chi connectivity index (χ3n) is 0.220. The molecule has 0 rings (SSSR count). The molecule has 6 heavy (non-hydrogen) atoms. The number of hydrogen-bond donors (Lipinski definition) is 1. The average Bonchev–Trinajstić information content (AvgIpc) is 1.65. The quantitative estimate of drug-likeness (QED) is 0.352. The third kappa shape index (κ3) is 1.30. The molecule has 0 saturated carbocycles. The smallest absolute Gasteiger partial charge is 0.233 e. The molecule has 0 fully saturated rings. The van der Waals surface area contributed by atoms with Gasteiger partial charge in [-0.1, -0.05) is 0 Å². The van der Waals surface area contributed by atoms with Crippen LogP contribution < -0.4 is 0 Å². The molecule has 0 amide bonds. The molecule has 1 N–H and O–H groups in total. The van der Waals surface area contributed by atoms with Crippen LogP contribution in [0.2, 0.25) is 0 Å². The van der Waals surface area contributed by atoms with Crippen molar-refractivity contribution in [3.8, 4) is 6.07 Å². The van der Waals surface area contributed by atoms with E-state index >= 15 is 0 Å². The molecule has 0 atom stereocenters. The SMILES string of the molecule is N#CC(F)=CO. The second-order valence-corrected chi connectivity index (χ2v) is 0.589. The minimum Gasteiger partial charge on any atom is -0.512 e. The van der Waals surface area contributed by atoms with Crippen LogP contribution in [0.5, 0.6) is 0 Å². The molecule has 0 aromatic carbocycles. The number of aliphatic hydroxyl groups excluding tert-OH is 1. The van der Waals surface area contributed by atoms with Crippen molar-refractivity contribution >= 4 is 0 Å². The normalized spacial score (nSPS) is 10.3. The Morgan fingerprint density at radius 2 is 2.50 bits per heavy atom. The van der Waals surface area contributed by atoms with E-state index in [-0.39, 0.29) is 6.26 Å². The number of nitrogens with zero attached hydrogens (tertiary/aromatic N) is 1. The van der Waals surface area contributed by atoms with Crippen LogP contribution in [-0.4, -0.2) is 5.11 Å². The van der Waals surface area contributed by atoms with E-state index in [1.807, 2.05) is 0 Å². The van der Waals surface area contributed by atoms with E-state index in [0.717, 1.165) is 6.07 Å². The van der Waals surface area contributed by atoms with Gasteiger partial charge in [0.1, 0.15) is 12.3 Å². The van der Waals surface area contributed by atoms with Gasteiger partial charge in [-0.25, -0.2) is 0 Å². The molecule has 2 nitrogen and oxygen atoms in total. The number of allylic oxidation sites excluding steroid dienone is 1. The summed E-state index contributed by atoms with van der Waals surface area (Å²) in [6.07, 6.45) is 0.111. The van der Waals surface area contributed by atoms with Gasteiger partial charge in [0.15, 0.2) is 0 Å². The maximum absolute atomic E-state index is 11.1. The van der Waals surface area contributed by atoms with E-state index in [0.29, 0.717) is 0 Å². The summed E-state index contributed by atoms with van der Waals surface area (Å²) in [5.41, 5.74) is 0. The summed E-state index contributed by atoms with van der Waals surface area (Å²) < 4.78 is 11.1. The van der Waals surface area contributed by atoms with Gasteiger partial charge in [-0.05, 0) is 0 Å². The molecule has 0 unspecified atom stereocenters. The van der Waals surface area contributed by atoms with E-state index < -0.39 is 5.83 Å². The van der Waals surface area contributed by atoms with Crippen molar-refractivity contribution in [3.63, 3.8) is 0 Å². The van der Waals surface area contributed by atoms with Crippen LogP contribution >= 0.6 is 0 Å². The first-order valence-electron chi connectivity index (χ1n) is 1.21. The van der Waals surface area contributed by atoms with Gasteiger partial charge < -0.3 is 5.11 Å². The van der Waals surface area contributed by atoms with E-state index in [9.17, 15) is 4.39 Å². The van der Waals surface area contributed by atoms with Crippen molar-refractivity contribution in [3.05, 3.63) is 12.1 Å². The Hall–Kier alpha value is -1.04. The van der Waals surface area contributed by atoms with Crippen molar-refractivity contribution in [1.29, 1.82) is 5.26 Å². The largest absolute Gasteiger partial charge is 0.512 e. The minimum absolute atomic E-state index is 0.111. The molecule has 0 saturated heterocycles. The predicted molar refractivity (Wildman–Crippen MR) is 17.4 cm³/mol. The van der Waals surface area contributed by atoms with Gasteiger partial charge in [-0.2, -0.15) is 9.65 Å². The zero-order valence-electron chi connectivity index (χ0n) is 2.85. The summed E-state index contributed by atoms with van der Waals surface area (Å²) in [5, 5.41) is 15.1. The standard InChI is InChI=1S/C3H2FNO/c4-3(1-5)2-6/h2,6H. The van der Waals surface area contributed by atoms with E-state index in [4.69, 9.17) is 10.4 Å². The molecule has 0 aliphatic carbocycles. The highest BCUT2D eigenvalue weighted by molar-refractivity contribution is 5.07. The number of halogens is 1. The summed E-state index contributed by atoms with van der Waals surface area (Å²) in [6.45, 7) is 0. The Morgan fingerprint density at radius 3 is 2.50 bits per heavy atom. The predicted octanol–water partition coefficient (Wildman–Crippen LogP) is 0.879. The lowest BCUT2D eigenvalue weighted by Gasteiger charge is -1.65. The first-order valence-corrected chi connectivity index (χ1v) is 1.21. The second-order valence-electron chi connectivity index (χ2n) is 0.589. The molecular formula is C3H2FNO. The summed E-state index contributed by atoms with van der Waals surface area (Å²) in [7, 11) is 0. The van der Waals surface area contributed by atoms with Gasteiger partial charge in [-0.15, -0.1) is 0 Å². The molecule has 0 aromatic rings. The second kappa shape index (κ2) is 2.21. The first kappa shape index (κ1) is 4.96. The van der Waals surface area contributed by atoms with Gasteiger partial charge >= 0.3 is 0 Å². The summed E-state index contributed by atoms with van der Waals surface area (Å²) in [6, 6.07) is 1.06. The van der Waals surface area contributed by atoms with Crippen molar-refractivity contribution in [2.75, 3.05) is 0 Å². The fourth-order valence-electron chi connectivity index (χ4n) is 0.0289. The Bertz CT molecular complexity index is 102. The lowest BCUT2D eigenvalue weighted by molar-refractivity contribution is 0.448. The molecular weight excluding hydrogens is 85.0 g/mol. The zero-order valence-corrected chi connectivity index (χ0v) is 2.85. The summed E-state index contributed by atoms with van der Waals surface area (Å²) in [5.74, 6) is -1.17. The zero-order chi connectivity index (χ0) is 4.99. The Labute approximate surface area is 34.1 Å². The van der Waals surface area contributed by atoms with Crippen LogP contribution in [0.4, 0.5) is 4.39 Å². The van der Waals surface area contributed by atoms with Crippen LogP contribution in [0, 0.1) is 11.3 Å². The molecule has 0 spiro atoms. The highest BCUT2D eigenvalue weighted by Gasteiger charge is 1.80. The van der Waals surface area contributed by atoms with Crippen molar-refractivity contribution in [2.24, 2.45) is 0 Å². The van der Waals surface area contributed by atoms with Gasteiger partial charge in [-0.3, -0.25) is 0 Å². The van der Waals surface area contributed by atoms with E-state index in [1.165, 1.54) is 0 Å². The molecule has 0 aliphatic heterocycles. The molecule has 32 valence electrons. The summed E-state index contributed by atoms with van der Waals surface area (Å²) >= 11 is 0. The van der Waals surface area contributed by atoms with E-state index in [2.05, 4.69) is 0 Å². The molecule has 0 radical (unpaired) electrons. The van der Waals surface area contributed by atoms with Gasteiger partial charge in [0, 0.05) is 0 Å². The first-order chi connectivity index (χ1) is 2.81. The number of aliphatic hydroxyl groups is 1. The van der Waals surface area contributed by atoms with Crippen LogP contribution in [0.25, 0.3) is 0 Å². The molecule has 0 aromatic heterocycles. The van der Waals surface area contributed by atoms with Crippen LogP contribution in [0.3, 0.4) is 0 Å². The topological polar surface area (TPSA) is 44.0 Å². The molecule has 0 heterocycles. The van der Waals surface area contributed by atoms with Crippen molar-refractivity contribution < 1.29 is 9.50 Å². The van der Waals surface area contributed by atoms with Crippen LogP contribution in [0.15, 0.2) is 12.1 Å². The Kier molecular flexibility index (Phi) is 1.83. The Morgan fingerprint density at radius 1 is 2.00 bits per heavy atom. The van der Waals surface area contributed by atoms with Gasteiger partial charge in [0.25, 0.3) is 0 Å². The average molecular weight is 87.1 g/mol. The lowest BCUT2D eigenvalue weighted by Crippen LogP contribution is -1.58. The van der Waals surface area contributed by atoms with Crippen LogP contribution in [-0.2, 0) is 0 Å². The Balaban J connectivity index is 3.61. The highest BCUT2D eigenvalue weighted by atomic mass is 19.1. The lowest BCUT2D eigenvalue weighted by atomic mass is 10.7. The van der Waals surface area contributed by atoms with Crippen molar-refractivity contribution in [1.82, 2.24) is 0 Å². The van der Waals surface area contributed by atoms with E-state index in [1.54, 1.807) is 0 Å². The highest BCUT2D eigenvalue weighted by Crippen LogP contribution is 1.86. The summed E-state index contributed by atoms with van der Waals surface area (Å²) in [4.78, 5) is 0. The molecule has 3 heteroatoms. The maximum atomic E-state index is 11.1.